The van der Waals surface area contributed by atoms with Gasteiger partial charge in [-0.3, -0.25) is 14.4 Å². The normalized spacial score (nSPS) is 12.7. The number of benzene rings is 2. The van der Waals surface area contributed by atoms with Crippen LogP contribution in [-0.4, -0.2) is 35.4 Å². The number of carbonyl (C=O) groups is 4. The SMILES string of the molecule is NC(=O)c1cccc(OCC(=O)ON2C(=O)c3ccccc3C2=O)c1. The minimum atomic E-state index is -0.945. The molecule has 25 heavy (non-hydrogen) atoms. The minimum absolute atomic E-state index is 0.162. The van der Waals surface area contributed by atoms with Gasteiger partial charge in [0.2, 0.25) is 5.91 Å². The molecule has 1 heterocycles. The first-order valence-electron chi connectivity index (χ1n) is 7.18. The first kappa shape index (κ1) is 16.2. The lowest BCUT2D eigenvalue weighted by Gasteiger charge is -2.13. The Morgan fingerprint density at radius 2 is 1.60 bits per heavy atom. The van der Waals surface area contributed by atoms with Gasteiger partial charge in [-0.25, -0.2) is 4.79 Å². The third-order valence-corrected chi connectivity index (χ3v) is 3.43. The number of fused-ring (bicyclic) bond motifs is 1. The van der Waals surface area contributed by atoms with Gasteiger partial charge < -0.3 is 15.3 Å². The fourth-order valence-corrected chi connectivity index (χ4v) is 2.26. The van der Waals surface area contributed by atoms with Gasteiger partial charge in [0.15, 0.2) is 6.61 Å². The zero-order valence-corrected chi connectivity index (χ0v) is 12.8. The summed E-state index contributed by atoms with van der Waals surface area (Å²) in [6.07, 6.45) is 0. The number of ether oxygens (including phenoxy) is 1. The Bertz CT molecular complexity index is 857. The summed E-state index contributed by atoms with van der Waals surface area (Å²) in [7, 11) is 0. The van der Waals surface area contributed by atoms with Crippen LogP contribution in [-0.2, 0) is 9.63 Å². The molecule has 3 rings (SSSR count). The molecular weight excluding hydrogens is 328 g/mol. The van der Waals surface area contributed by atoms with E-state index in [1.54, 1.807) is 12.1 Å². The highest BCUT2D eigenvalue weighted by atomic mass is 16.7. The van der Waals surface area contributed by atoms with E-state index in [2.05, 4.69) is 0 Å². The van der Waals surface area contributed by atoms with Crippen molar-refractivity contribution < 1.29 is 28.8 Å². The van der Waals surface area contributed by atoms with Crippen molar-refractivity contribution in [2.75, 3.05) is 6.61 Å². The maximum atomic E-state index is 12.1. The molecule has 2 aromatic rings. The number of nitrogens with zero attached hydrogens (tertiary/aromatic N) is 1. The molecular formula is C17H12N2O6. The monoisotopic (exact) mass is 340 g/mol. The molecule has 0 aliphatic carbocycles. The van der Waals surface area contributed by atoms with Crippen molar-refractivity contribution in [2.45, 2.75) is 0 Å². The van der Waals surface area contributed by atoms with E-state index in [9.17, 15) is 19.2 Å². The summed E-state index contributed by atoms with van der Waals surface area (Å²) in [5.74, 6) is -2.80. The van der Waals surface area contributed by atoms with Gasteiger partial charge in [0, 0.05) is 5.56 Å². The first-order valence-corrected chi connectivity index (χ1v) is 7.18. The summed E-state index contributed by atoms with van der Waals surface area (Å²) < 4.78 is 5.18. The summed E-state index contributed by atoms with van der Waals surface area (Å²) in [4.78, 5) is 51.9. The molecule has 0 atom stereocenters. The van der Waals surface area contributed by atoms with Crippen LogP contribution in [0.15, 0.2) is 48.5 Å². The maximum Gasteiger partial charge on any atom is 0.370 e. The Morgan fingerprint density at radius 1 is 0.960 bits per heavy atom. The van der Waals surface area contributed by atoms with Crippen LogP contribution in [0.25, 0.3) is 0 Å². The summed E-state index contributed by atoms with van der Waals surface area (Å²) in [6, 6.07) is 12.0. The number of carbonyl (C=O) groups excluding carboxylic acids is 4. The van der Waals surface area contributed by atoms with E-state index in [1.165, 1.54) is 36.4 Å². The molecule has 126 valence electrons. The molecule has 0 radical (unpaired) electrons. The predicted octanol–water partition coefficient (Wildman–Crippen LogP) is 0.919. The van der Waals surface area contributed by atoms with Crippen LogP contribution in [0.5, 0.6) is 5.75 Å². The Labute approximate surface area is 141 Å². The highest BCUT2D eigenvalue weighted by Crippen LogP contribution is 2.22. The number of imide groups is 1. The number of hydrogen-bond acceptors (Lipinski definition) is 6. The van der Waals surface area contributed by atoms with Crippen molar-refractivity contribution in [3.8, 4) is 5.75 Å². The zero-order chi connectivity index (χ0) is 18.0. The van der Waals surface area contributed by atoms with Crippen LogP contribution in [0.2, 0.25) is 0 Å². The van der Waals surface area contributed by atoms with E-state index in [-0.39, 0.29) is 22.4 Å². The van der Waals surface area contributed by atoms with Gasteiger partial charge in [-0.05, 0) is 30.3 Å². The largest absolute Gasteiger partial charge is 0.482 e. The van der Waals surface area contributed by atoms with Gasteiger partial charge in [-0.1, -0.05) is 23.3 Å². The van der Waals surface area contributed by atoms with Crippen molar-refractivity contribution in [2.24, 2.45) is 5.73 Å². The van der Waals surface area contributed by atoms with Crippen molar-refractivity contribution in [3.05, 3.63) is 65.2 Å². The van der Waals surface area contributed by atoms with E-state index in [4.69, 9.17) is 15.3 Å². The average Bonchev–Trinajstić information content (AvgIpc) is 2.85. The summed E-state index contributed by atoms with van der Waals surface area (Å²) >= 11 is 0. The molecule has 3 amide bonds. The van der Waals surface area contributed by atoms with E-state index < -0.39 is 30.3 Å². The van der Waals surface area contributed by atoms with Gasteiger partial charge in [0.1, 0.15) is 5.75 Å². The topological polar surface area (TPSA) is 116 Å². The lowest BCUT2D eigenvalue weighted by atomic mass is 10.1. The van der Waals surface area contributed by atoms with Gasteiger partial charge >= 0.3 is 5.97 Å². The second-order valence-electron chi connectivity index (χ2n) is 5.09. The summed E-state index contributed by atoms with van der Waals surface area (Å²) in [6.45, 7) is -0.560. The van der Waals surface area contributed by atoms with Crippen LogP contribution in [0.1, 0.15) is 31.1 Å². The second-order valence-corrected chi connectivity index (χ2v) is 5.09. The van der Waals surface area contributed by atoms with Gasteiger partial charge in [-0.2, -0.15) is 0 Å². The van der Waals surface area contributed by atoms with E-state index in [0.717, 1.165) is 0 Å². The average molecular weight is 340 g/mol. The molecule has 0 fully saturated rings. The van der Waals surface area contributed by atoms with E-state index in [1.807, 2.05) is 0 Å². The molecule has 1 aliphatic heterocycles. The molecule has 8 nitrogen and oxygen atoms in total. The van der Waals surface area contributed by atoms with Crippen LogP contribution in [0, 0.1) is 0 Å². The molecule has 0 aromatic heterocycles. The summed E-state index contributed by atoms with van der Waals surface area (Å²) in [5.41, 5.74) is 5.69. The Kier molecular flexibility index (Phi) is 4.17. The first-order chi connectivity index (χ1) is 12.0. The molecule has 1 aliphatic rings. The predicted molar refractivity (Wildman–Crippen MR) is 83.5 cm³/mol. The Morgan fingerprint density at radius 3 is 2.20 bits per heavy atom. The van der Waals surface area contributed by atoms with Crippen LogP contribution < -0.4 is 10.5 Å². The Hall–Kier alpha value is -3.68. The Balaban J connectivity index is 1.62. The molecule has 8 heteroatoms. The number of nitrogens with two attached hydrogens (primary N) is 1. The zero-order valence-electron chi connectivity index (χ0n) is 12.8. The molecule has 0 spiro atoms. The van der Waals surface area contributed by atoms with Crippen LogP contribution >= 0.6 is 0 Å². The van der Waals surface area contributed by atoms with E-state index >= 15 is 0 Å². The number of rotatable bonds is 5. The third kappa shape index (κ3) is 3.18. The smallest absolute Gasteiger partial charge is 0.370 e. The fourth-order valence-electron chi connectivity index (χ4n) is 2.26. The second kappa shape index (κ2) is 6.44. The lowest BCUT2D eigenvalue weighted by molar-refractivity contribution is -0.170. The molecule has 2 aromatic carbocycles. The minimum Gasteiger partial charge on any atom is -0.482 e. The highest BCUT2D eigenvalue weighted by molar-refractivity contribution is 6.20. The number of primary amides is 1. The lowest BCUT2D eigenvalue weighted by Crippen LogP contribution is -2.34. The number of hydrogen-bond donors (Lipinski definition) is 1. The standard InChI is InChI=1S/C17H12N2O6/c18-15(21)10-4-3-5-11(8-10)24-9-14(20)25-19-16(22)12-6-1-2-7-13(12)17(19)23/h1-8H,9H2,(H2,18,21). The van der Waals surface area contributed by atoms with Gasteiger partial charge in [0.25, 0.3) is 11.8 Å². The fraction of sp³-hybridized carbons (Fsp3) is 0.0588. The molecule has 0 unspecified atom stereocenters. The molecule has 0 saturated carbocycles. The number of hydroxylamine groups is 2. The number of amides is 3. The maximum absolute atomic E-state index is 12.1. The highest BCUT2D eigenvalue weighted by Gasteiger charge is 2.38. The molecule has 0 bridgehead atoms. The van der Waals surface area contributed by atoms with Crippen LogP contribution in [0.4, 0.5) is 0 Å². The van der Waals surface area contributed by atoms with Crippen molar-refractivity contribution >= 4 is 23.7 Å². The van der Waals surface area contributed by atoms with Crippen molar-refractivity contribution in [1.29, 1.82) is 0 Å². The summed E-state index contributed by atoms with van der Waals surface area (Å²) in [5, 5.41) is 0.399. The van der Waals surface area contributed by atoms with Gasteiger partial charge in [0.05, 0.1) is 11.1 Å². The van der Waals surface area contributed by atoms with Crippen LogP contribution in [0.3, 0.4) is 0 Å². The van der Waals surface area contributed by atoms with Crippen molar-refractivity contribution in [3.63, 3.8) is 0 Å². The third-order valence-electron chi connectivity index (χ3n) is 3.43. The quantitative estimate of drug-likeness (QED) is 0.809. The molecule has 0 saturated heterocycles. The van der Waals surface area contributed by atoms with Crippen molar-refractivity contribution in [1.82, 2.24) is 5.06 Å². The molecule has 2 N–H and O–H groups in total. The van der Waals surface area contributed by atoms with E-state index in [0.29, 0.717) is 5.06 Å². The van der Waals surface area contributed by atoms with Gasteiger partial charge in [-0.15, -0.1) is 0 Å².